The molecule has 1 aromatic carbocycles. The highest BCUT2D eigenvalue weighted by Crippen LogP contribution is 2.20. The van der Waals surface area contributed by atoms with Gasteiger partial charge in [0, 0.05) is 11.0 Å². The van der Waals surface area contributed by atoms with Crippen molar-refractivity contribution < 1.29 is 23.4 Å². The Morgan fingerprint density at radius 2 is 2.00 bits per heavy atom. The monoisotopic (exact) mass is 337 g/mol. The van der Waals surface area contributed by atoms with Crippen LogP contribution in [0, 0.1) is 0 Å². The van der Waals surface area contributed by atoms with E-state index in [-0.39, 0.29) is 17.9 Å². The van der Waals surface area contributed by atoms with Gasteiger partial charge in [0.15, 0.2) is 6.10 Å². The molecule has 3 N–H and O–H groups in total. The highest BCUT2D eigenvalue weighted by Gasteiger charge is 2.18. The van der Waals surface area contributed by atoms with Gasteiger partial charge >= 0.3 is 5.97 Å². The molecule has 0 fully saturated rings. The molecule has 0 aromatic heterocycles. The molecule has 0 unspecified atom stereocenters. The maximum atomic E-state index is 11.8. The van der Waals surface area contributed by atoms with Gasteiger partial charge in [0.1, 0.15) is 0 Å². The Hall–Kier alpha value is -0.960. The van der Waals surface area contributed by atoms with Crippen molar-refractivity contribution in [1.82, 2.24) is 4.72 Å². The van der Waals surface area contributed by atoms with Crippen LogP contribution < -0.4 is 4.72 Å². The minimum Gasteiger partial charge on any atom is -0.479 e. The number of rotatable bonds is 6. The quantitative estimate of drug-likeness (QED) is 0.703. The van der Waals surface area contributed by atoms with Crippen LogP contribution in [0.1, 0.15) is 6.42 Å². The van der Waals surface area contributed by atoms with Crippen LogP contribution >= 0.6 is 15.9 Å². The summed E-state index contributed by atoms with van der Waals surface area (Å²) in [6.07, 6.45) is -1.77. The van der Waals surface area contributed by atoms with Gasteiger partial charge in [0.2, 0.25) is 10.0 Å². The molecule has 0 aliphatic carbocycles. The zero-order valence-electron chi connectivity index (χ0n) is 9.21. The summed E-state index contributed by atoms with van der Waals surface area (Å²) in [6, 6.07) is 6.25. The van der Waals surface area contributed by atoms with E-state index in [1.165, 1.54) is 6.07 Å². The second-order valence-corrected chi connectivity index (χ2v) is 6.06. The van der Waals surface area contributed by atoms with Crippen LogP contribution in [0.25, 0.3) is 0 Å². The summed E-state index contributed by atoms with van der Waals surface area (Å²) >= 11 is 3.11. The molecule has 0 radical (unpaired) electrons. The summed E-state index contributed by atoms with van der Waals surface area (Å²) in [5.74, 6) is -1.38. The SMILES string of the molecule is O=C(O)[C@@H](O)CCNS(=O)(=O)c1ccccc1Br. The van der Waals surface area contributed by atoms with Crippen molar-refractivity contribution in [2.45, 2.75) is 17.4 Å². The number of benzene rings is 1. The average Bonchev–Trinajstić information content (AvgIpc) is 2.28. The predicted molar refractivity (Wildman–Crippen MR) is 67.6 cm³/mol. The molecule has 18 heavy (non-hydrogen) atoms. The van der Waals surface area contributed by atoms with Crippen molar-refractivity contribution in [1.29, 1.82) is 0 Å². The minimum atomic E-state index is -3.71. The molecule has 0 heterocycles. The number of aliphatic hydroxyl groups excluding tert-OH is 1. The van der Waals surface area contributed by atoms with Gasteiger partial charge in [-0.2, -0.15) is 0 Å². The molecule has 0 aliphatic heterocycles. The van der Waals surface area contributed by atoms with Gasteiger partial charge in [-0.1, -0.05) is 12.1 Å². The third kappa shape index (κ3) is 4.05. The van der Waals surface area contributed by atoms with E-state index >= 15 is 0 Å². The van der Waals surface area contributed by atoms with Crippen molar-refractivity contribution in [3.8, 4) is 0 Å². The van der Waals surface area contributed by atoms with Crippen LogP contribution in [-0.2, 0) is 14.8 Å². The maximum absolute atomic E-state index is 11.8. The fourth-order valence-electron chi connectivity index (χ4n) is 1.19. The highest BCUT2D eigenvalue weighted by molar-refractivity contribution is 9.10. The topological polar surface area (TPSA) is 104 Å². The third-order valence-electron chi connectivity index (χ3n) is 2.12. The molecule has 1 aromatic rings. The maximum Gasteiger partial charge on any atom is 0.332 e. The minimum absolute atomic E-state index is 0.0646. The molecular weight excluding hydrogens is 326 g/mol. The molecule has 0 saturated carbocycles. The van der Waals surface area contributed by atoms with E-state index in [0.29, 0.717) is 4.47 Å². The lowest BCUT2D eigenvalue weighted by Gasteiger charge is -2.09. The summed E-state index contributed by atoms with van der Waals surface area (Å²) in [6.45, 7) is -0.156. The smallest absolute Gasteiger partial charge is 0.332 e. The molecule has 0 aliphatic rings. The van der Waals surface area contributed by atoms with Gasteiger partial charge in [0.25, 0.3) is 0 Å². The van der Waals surface area contributed by atoms with Gasteiger partial charge < -0.3 is 10.2 Å². The largest absolute Gasteiger partial charge is 0.479 e. The lowest BCUT2D eigenvalue weighted by molar-refractivity contribution is -0.146. The number of hydrogen-bond donors (Lipinski definition) is 3. The molecule has 0 amide bonds. The van der Waals surface area contributed by atoms with Crippen LogP contribution in [0.4, 0.5) is 0 Å². The summed E-state index contributed by atoms with van der Waals surface area (Å²) in [4.78, 5) is 10.4. The average molecular weight is 338 g/mol. The summed E-state index contributed by atoms with van der Waals surface area (Å²) in [7, 11) is -3.71. The first-order chi connectivity index (χ1) is 8.34. The lowest BCUT2D eigenvalue weighted by atomic mass is 10.3. The standard InChI is InChI=1S/C10H12BrNO5S/c11-7-3-1-2-4-9(7)18(16,17)12-6-5-8(13)10(14)15/h1-4,8,12-13H,5-6H2,(H,14,15)/t8-/m0/s1. The van der Waals surface area contributed by atoms with E-state index in [9.17, 15) is 13.2 Å². The van der Waals surface area contributed by atoms with Gasteiger partial charge in [-0.25, -0.2) is 17.9 Å². The Kier molecular flexibility index (Phi) is 5.27. The fraction of sp³-hybridized carbons (Fsp3) is 0.300. The first-order valence-corrected chi connectivity index (χ1v) is 7.27. The summed E-state index contributed by atoms with van der Waals surface area (Å²) < 4.78 is 26.3. The van der Waals surface area contributed by atoms with E-state index in [1.54, 1.807) is 18.2 Å². The molecule has 0 saturated heterocycles. The second-order valence-electron chi connectivity index (χ2n) is 3.47. The lowest BCUT2D eigenvalue weighted by Crippen LogP contribution is -2.30. The highest BCUT2D eigenvalue weighted by atomic mass is 79.9. The summed E-state index contributed by atoms with van der Waals surface area (Å²) in [5.41, 5.74) is 0. The number of carbonyl (C=O) groups is 1. The van der Waals surface area contributed by atoms with Gasteiger partial charge in [-0.15, -0.1) is 0 Å². The molecule has 0 bridgehead atoms. The number of aliphatic hydroxyl groups is 1. The summed E-state index contributed by atoms with van der Waals surface area (Å²) in [5, 5.41) is 17.4. The van der Waals surface area contributed by atoms with Crippen LogP contribution in [-0.4, -0.2) is 37.2 Å². The predicted octanol–water partition coefficient (Wildman–Crippen LogP) is 0.563. The first-order valence-electron chi connectivity index (χ1n) is 4.99. The molecule has 8 heteroatoms. The Balaban J connectivity index is 2.67. The van der Waals surface area contributed by atoms with Crippen LogP contribution in [0.15, 0.2) is 33.6 Å². The molecule has 1 rings (SSSR count). The van der Waals surface area contributed by atoms with E-state index in [4.69, 9.17) is 10.2 Å². The van der Waals surface area contributed by atoms with E-state index in [1.807, 2.05) is 0 Å². The Morgan fingerprint density at radius 3 is 2.56 bits per heavy atom. The molecule has 0 spiro atoms. The van der Waals surface area contributed by atoms with Crippen LogP contribution in [0.2, 0.25) is 0 Å². The van der Waals surface area contributed by atoms with Gasteiger partial charge in [0.05, 0.1) is 4.90 Å². The Morgan fingerprint density at radius 1 is 1.39 bits per heavy atom. The molecule has 100 valence electrons. The fourth-order valence-corrected chi connectivity index (χ4v) is 3.24. The van der Waals surface area contributed by atoms with Crippen molar-refractivity contribution in [3.05, 3.63) is 28.7 Å². The number of aliphatic carboxylic acids is 1. The Bertz CT molecular complexity index is 531. The van der Waals surface area contributed by atoms with E-state index < -0.39 is 22.1 Å². The number of carboxylic acids is 1. The number of hydrogen-bond acceptors (Lipinski definition) is 4. The van der Waals surface area contributed by atoms with E-state index in [2.05, 4.69) is 20.7 Å². The van der Waals surface area contributed by atoms with Gasteiger partial charge in [-0.05, 0) is 34.5 Å². The molecular formula is C10H12BrNO5S. The third-order valence-corrected chi connectivity index (χ3v) is 4.59. The zero-order chi connectivity index (χ0) is 13.8. The zero-order valence-corrected chi connectivity index (χ0v) is 11.6. The molecule has 6 nitrogen and oxygen atoms in total. The van der Waals surface area contributed by atoms with Crippen molar-refractivity contribution in [2.24, 2.45) is 0 Å². The Labute approximate surface area is 113 Å². The number of nitrogens with one attached hydrogen (secondary N) is 1. The molecule has 1 atom stereocenters. The van der Waals surface area contributed by atoms with Crippen LogP contribution in [0.5, 0.6) is 0 Å². The van der Waals surface area contributed by atoms with Crippen molar-refractivity contribution in [2.75, 3.05) is 6.54 Å². The van der Waals surface area contributed by atoms with Crippen molar-refractivity contribution >= 4 is 31.9 Å². The number of halogens is 1. The number of carboxylic acid groups (broad SMARTS) is 1. The van der Waals surface area contributed by atoms with Gasteiger partial charge in [-0.3, -0.25) is 0 Å². The normalized spacial score (nSPS) is 13.2. The van der Waals surface area contributed by atoms with Crippen molar-refractivity contribution in [3.63, 3.8) is 0 Å². The van der Waals surface area contributed by atoms with E-state index in [0.717, 1.165) is 0 Å². The first kappa shape index (κ1) is 15.1. The second kappa shape index (κ2) is 6.28. The number of sulfonamides is 1. The van der Waals surface area contributed by atoms with Crippen LogP contribution in [0.3, 0.4) is 0 Å².